The van der Waals surface area contributed by atoms with E-state index in [1.54, 1.807) is 23.4 Å². The van der Waals surface area contributed by atoms with Crippen LogP contribution < -0.4 is 5.32 Å². The number of amides is 1. The quantitative estimate of drug-likeness (QED) is 0.764. The van der Waals surface area contributed by atoms with Crippen LogP contribution in [0.3, 0.4) is 0 Å². The molecule has 1 aliphatic carbocycles. The molecule has 0 saturated carbocycles. The molecule has 118 valence electrons. The second-order valence-corrected chi connectivity index (χ2v) is 8.35. The summed E-state index contributed by atoms with van der Waals surface area (Å²) in [5.41, 5.74) is 3.69. The molecular weight excluding hydrogens is 346 g/mol. The molecule has 1 amide bonds. The maximum absolute atomic E-state index is 12.5. The van der Waals surface area contributed by atoms with E-state index in [1.807, 2.05) is 29.5 Å². The molecule has 1 aliphatic heterocycles. The van der Waals surface area contributed by atoms with E-state index in [1.165, 1.54) is 41.0 Å². The molecule has 0 atom stereocenters. The average Bonchev–Trinajstić information content (AvgIpc) is 2.94. The first-order valence-electron chi connectivity index (χ1n) is 7.76. The van der Waals surface area contributed by atoms with Crippen molar-refractivity contribution in [3.05, 3.63) is 55.1 Å². The molecule has 0 saturated heterocycles. The number of aryl methyl sites for hydroxylation is 1. The third kappa shape index (κ3) is 2.95. The van der Waals surface area contributed by atoms with Gasteiger partial charge in [-0.2, -0.15) is 0 Å². The van der Waals surface area contributed by atoms with E-state index in [0.717, 1.165) is 10.7 Å². The minimum Gasteiger partial charge on any atom is -0.320 e. The number of para-hydroxylation sites is 1. The zero-order valence-corrected chi connectivity index (χ0v) is 14.9. The Hall–Kier alpha value is -1.23. The maximum Gasteiger partial charge on any atom is 0.262 e. The second kappa shape index (κ2) is 6.34. The number of halogens is 1. The Morgan fingerprint density at radius 1 is 1.13 bits per heavy atom. The van der Waals surface area contributed by atoms with E-state index in [4.69, 9.17) is 11.6 Å². The van der Waals surface area contributed by atoms with Gasteiger partial charge in [0.15, 0.2) is 0 Å². The van der Waals surface area contributed by atoms with E-state index in [0.29, 0.717) is 10.7 Å². The highest BCUT2D eigenvalue weighted by atomic mass is 35.5. The van der Waals surface area contributed by atoms with Crippen molar-refractivity contribution in [3.8, 4) is 0 Å². The Morgan fingerprint density at radius 3 is 2.83 bits per heavy atom. The minimum absolute atomic E-state index is 0.0693. The summed E-state index contributed by atoms with van der Waals surface area (Å²) >= 11 is 9.62. The average molecular weight is 362 g/mol. The van der Waals surface area contributed by atoms with Crippen LogP contribution in [0.1, 0.15) is 33.7 Å². The predicted molar refractivity (Wildman–Crippen MR) is 100 cm³/mol. The first kappa shape index (κ1) is 15.3. The summed E-state index contributed by atoms with van der Waals surface area (Å²) in [6.45, 7) is 0. The number of nitrogens with one attached hydrogen (secondary N) is 1. The van der Waals surface area contributed by atoms with Crippen LogP contribution >= 0.6 is 34.7 Å². The lowest BCUT2D eigenvalue weighted by molar-refractivity contribution is -0.112. The Balaban J connectivity index is 1.59. The van der Waals surface area contributed by atoms with Crippen LogP contribution in [0.5, 0.6) is 0 Å². The number of fused-ring (bicyclic) bond motifs is 3. The molecule has 2 aliphatic rings. The summed E-state index contributed by atoms with van der Waals surface area (Å²) in [5, 5.41) is 3.48. The van der Waals surface area contributed by atoms with Crippen molar-refractivity contribution in [2.45, 2.75) is 31.4 Å². The Bertz CT molecular complexity index is 809. The summed E-state index contributed by atoms with van der Waals surface area (Å²) in [4.78, 5) is 16.1. The van der Waals surface area contributed by atoms with Crippen molar-refractivity contribution < 1.29 is 4.79 Å². The van der Waals surface area contributed by atoms with Gasteiger partial charge in [0, 0.05) is 15.5 Å². The number of thioether (sulfide) groups is 1. The minimum atomic E-state index is -0.0693. The maximum atomic E-state index is 12.5. The first-order chi connectivity index (χ1) is 11.2. The highest BCUT2D eigenvalue weighted by Gasteiger charge is 2.25. The molecule has 2 aromatic rings. The zero-order chi connectivity index (χ0) is 15.8. The molecule has 0 radical (unpaired) electrons. The van der Waals surface area contributed by atoms with Gasteiger partial charge in [-0.05, 0) is 55.0 Å². The van der Waals surface area contributed by atoms with Crippen LogP contribution in [-0.2, 0) is 23.4 Å². The molecule has 1 aromatic heterocycles. The highest BCUT2D eigenvalue weighted by molar-refractivity contribution is 8.03. The molecule has 1 aromatic carbocycles. The molecule has 0 unspecified atom stereocenters. The lowest BCUT2D eigenvalue weighted by Gasteiger charge is -2.16. The van der Waals surface area contributed by atoms with Gasteiger partial charge in [0.2, 0.25) is 0 Å². The van der Waals surface area contributed by atoms with E-state index in [2.05, 4.69) is 11.4 Å². The molecule has 5 heteroatoms. The summed E-state index contributed by atoms with van der Waals surface area (Å²) < 4.78 is 0. The normalized spacial score (nSPS) is 16.3. The standard InChI is InChI=1S/C18H16ClNOS2/c19-13-6-2-3-7-14(13)20-18(21)17-9-16-12(10-22-17)11-5-1-4-8-15(11)23-16/h2-3,6-7,9H,1,4-5,8,10H2,(H,20,21). The summed E-state index contributed by atoms with van der Waals surface area (Å²) in [5.74, 6) is 0.836. The molecular formula is C18H16ClNOS2. The molecule has 2 nitrogen and oxygen atoms in total. The van der Waals surface area contributed by atoms with Crippen LogP contribution in [0, 0.1) is 0 Å². The number of thiophene rings is 1. The van der Waals surface area contributed by atoms with Gasteiger partial charge in [-0.1, -0.05) is 23.7 Å². The fraction of sp³-hybridized carbons (Fsp3) is 0.278. The molecule has 23 heavy (non-hydrogen) atoms. The second-order valence-electron chi connectivity index (χ2n) is 5.78. The van der Waals surface area contributed by atoms with Crippen molar-refractivity contribution in [1.29, 1.82) is 0 Å². The zero-order valence-electron chi connectivity index (χ0n) is 12.5. The number of carbonyl (C=O) groups excluding carboxylic acids is 1. The van der Waals surface area contributed by atoms with Crippen LogP contribution in [0.25, 0.3) is 6.08 Å². The molecule has 1 N–H and O–H groups in total. The number of rotatable bonds is 2. The van der Waals surface area contributed by atoms with Crippen LogP contribution in [0.15, 0.2) is 29.2 Å². The van der Waals surface area contributed by atoms with E-state index in [-0.39, 0.29) is 5.91 Å². The lowest BCUT2D eigenvalue weighted by atomic mass is 9.95. The number of carbonyl (C=O) groups is 1. The number of hydrogen-bond donors (Lipinski definition) is 1. The van der Waals surface area contributed by atoms with Crippen molar-refractivity contribution in [2.24, 2.45) is 0 Å². The predicted octanol–water partition coefficient (Wildman–Crippen LogP) is 5.51. The van der Waals surface area contributed by atoms with Gasteiger partial charge in [-0.25, -0.2) is 0 Å². The molecule has 2 heterocycles. The van der Waals surface area contributed by atoms with Gasteiger partial charge in [0.1, 0.15) is 0 Å². The fourth-order valence-electron chi connectivity index (χ4n) is 3.12. The molecule has 0 spiro atoms. The fourth-order valence-corrected chi connectivity index (χ4v) is 5.83. The number of benzene rings is 1. The van der Waals surface area contributed by atoms with Crippen molar-refractivity contribution >= 4 is 52.4 Å². The van der Waals surface area contributed by atoms with E-state index >= 15 is 0 Å². The van der Waals surface area contributed by atoms with Crippen molar-refractivity contribution in [3.63, 3.8) is 0 Å². The van der Waals surface area contributed by atoms with Gasteiger partial charge < -0.3 is 5.32 Å². The van der Waals surface area contributed by atoms with Gasteiger partial charge in [0.05, 0.1) is 15.6 Å². The van der Waals surface area contributed by atoms with Crippen LogP contribution in [0.4, 0.5) is 5.69 Å². The molecule has 4 rings (SSSR count). The smallest absolute Gasteiger partial charge is 0.262 e. The Kier molecular flexibility index (Phi) is 4.22. The molecule has 0 fully saturated rings. The monoisotopic (exact) mass is 361 g/mol. The number of hydrogen-bond acceptors (Lipinski definition) is 3. The van der Waals surface area contributed by atoms with Crippen LogP contribution in [-0.4, -0.2) is 5.91 Å². The van der Waals surface area contributed by atoms with E-state index < -0.39 is 0 Å². The number of anilines is 1. The summed E-state index contributed by atoms with van der Waals surface area (Å²) in [6.07, 6.45) is 7.05. The van der Waals surface area contributed by atoms with Crippen molar-refractivity contribution in [2.75, 3.05) is 5.32 Å². The van der Waals surface area contributed by atoms with E-state index in [9.17, 15) is 4.79 Å². The lowest BCUT2D eigenvalue weighted by Crippen LogP contribution is -2.14. The molecule has 0 bridgehead atoms. The SMILES string of the molecule is O=C(Nc1ccccc1Cl)C1=Cc2sc3c(c2CS1)CCCC3. The first-order valence-corrected chi connectivity index (χ1v) is 9.94. The van der Waals surface area contributed by atoms with Gasteiger partial charge in [-0.3, -0.25) is 4.79 Å². The van der Waals surface area contributed by atoms with Crippen LogP contribution in [0.2, 0.25) is 5.02 Å². The van der Waals surface area contributed by atoms with Gasteiger partial charge in [0.25, 0.3) is 5.91 Å². The van der Waals surface area contributed by atoms with Gasteiger partial charge >= 0.3 is 0 Å². The Labute approximate surface area is 148 Å². The summed E-state index contributed by atoms with van der Waals surface area (Å²) in [7, 11) is 0. The third-order valence-electron chi connectivity index (χ3n) is 4.29. The van der Waals surface area contributed by atoms with Crippen molar-refractivity contribution in [1.82, 2.24) is 0 Å². The third-order valence-corrected chi connectivity index (χ3v) is 6.95. The highest BCUT2D eigenvalue weighted by Crippen LogP contribution is 2.42. The summed E-state index contributed by atoms with van der Waals surface area (Å²) in [6, 6.07) is 7.33. The topological polar surface area (TPSA) is 29.1 Å². The Morgan fingerprint density at radius 2 is 1.96 bits per heavy atom. The van der Waals surface area contributed by atoms with Gasteiger partial charge in [-0.15, -0.1) is 23.1 Å². The largest absolute Gasteiger partial charge is 0.320 e.